The number of benzene rings is 2. The highest BCUT2D eigenvalue weighted by molar-refractivity contribution is 6.36. The van der Waals surface area contributed by atoms with Gasteiger partial charge in [0.1, 0.15) is 11.9 Å². The third kappa shape index (κ3) is 5.93. The van der Waals surface area contributed by atoms with Crippen molar-refractivity contribution < 1.29 is 9.53 Å². The molecule has 2 aliphatic heterocycles. The molecule has 2 fully saturated rings. The van der Waals surface area contributed by atoms with E-state index in [2.05, 4.69) is 57.9 Å². The first-order chi connectivity index (χ1) is 21.4. The first-order valence-electron chi connectivity index (χ1n) is 15.5. The van der Waals surface area contributed by atoms with E-state index in [1.807, 2.05) is 24.0 Å². The fourth-order valence-corrected chi connectivity index (χ4v) is 7.18. The van der Waals surface area contributed by atoms with Crippen LogP contribution in [-0.4, -0.2) is 91.2 Å². The van der Waals surface area contributed by atoms with E-state index in [1.54, 1.807) is 12.2 Å². The smallest absolute Gasteiger partial charge is 0.318 e. The lowest BCUT2D eigenvalue weighted by Gasteiger charge is -2.41. The zero-order valence-electron chi connectivity index (χ0n) is 25.7. The highest BCUT2D eigenvalue weighted by Gasteiger charge is 2.36. The first-order valence-corrected chi connectivity index (χ1v) is 15.9. The van der Waals surface area contributed by atoms with Gasteiger partial charge in [0.25, 0.3) is 0 Å². The molecule has 1 saturated carbocycles. The molecular weight excluding hydrogens is 574 g/mol. The monoisotopic (exact) mass is 613 g/mol. The third-order valence-electron chi connectivity index (χ3n) is 9.34. The summed E-state index contributed by atoms with van der Waals surface area (Å²) in [4.78, 5) is 35.2. The van der Waals surface area contributed by atoms with Gasteiger partial charge in [-0.1, -0.05) is 41.9 Å². The van der Waals surface area contributed by atoms with Gasteiger partial charge < -0.3 is 29.2 Å². The fourth-order valence-electron chi connectivity index (χ4n) is 6.91. The molecule has 1 saturated heterocycles. The Morgan fingerprint density at radius 2 is 1.95 bits per heavy atom. The second kappa shape index (κ2) is 13.0. The second-order valence-electron chi connectivity index (χ2n) is 12.2. The predicted octanol–water partition coefficient (Wildman–Crippen LogP) is 5.08. The number of rotatable bonds is 8. The zero-order chi connectivity index (χ0) is 30.8. The van der Waals surface area contributed by atoms with Crippen molar-refractivity contribution in [2.24, 2.45) is 5.92 Å². The summed E-state index contributed by atoms with van der Waals surface area (Å²) < 4.78 is 6.35. The van der Waals surface area contributed by atoms with E-state index >= 15 is 0 Å². The summed E-state index contributed by atoms with van der Waals surface area (Å²) in [5.41, 5.74) is 3.16. The third-order valence-corrected chi connectivity index (χ3v) is 9.65. The zero-order valence-corrected chi connectivity index (χ0v) is 26.5. The van der Waals surface area contributed by atoms with Gasteiger partial charge in [-0.3, -0.25) is 4.79 Å². The van der Waals surface area contributed by atoms with Gasteiger partial charge >= 0.3 is 6.01 Å². The molecule has 2 aromatic carbocycles. The summed E-state index contributed by atoms with van der Waals surface area (Å²) in [6.45, 7) is 13.3. The summed E-state index contributed by atoms with van der Waals surface area (Å²) in [6.07, 6.45) is 6.42. The van der Waals surface area contributed by atoms with Crippen LogP contribution in [0.1, 0.15) is 31.0 Å². The normalized spacial score (nSPS) is 21.8. The molecule has 44 heavy (non-hydrogen) atoms. The molecule has 0 unspecified atom stereocenters. The fraction of sp³-hybridized carbons (Fsp3) is 0.471. The van der Waals surface area contributed by atoms with Crippen LogP contribution < -0.4 is 14.5 Å². The number of carbonyl (C=O) groups excluding carboxylic acids is 1. The largest absolute Gasteiger partial charge is 0.463 e. The van der Waals surface area contributed by atoms with Crippen LogP contribution in [0.4, 0.5) is 11.5 Å². The summed E-state index contributed by atoms with van der Waals surface area (Å²) >= 11 is 6.72. The van der Waals surface area contributed by atoms with Crippen molar-refractivity contribution >= 4 is 39.8 Å². The van der Waals surface area contributed by atoms with Gasteiger partial charge in [-0.05, 0) is 63.9 Å². The number of hydrogen-bond acceptors (Lipinski definition) is 7. The standard InChI is InChI=1S/C34H40ClN7O2/c1-5-8-31(43)42-18-17-41(20-25(42)19-36-2)33-26-15-16-40(30-12-7-10-23-9-6-11-27(35)32(23)30)21-28(26)37-34(38-33)44-22-24-13-14-29(24)39(3)4/h5-12,24-25,29H,13-22H2,1,3-4H3/b8-5+/t24-,25+,29+/m1/s1. The molecule has 9 nitrogen and oxygen atoms in total. The van der Waals surface area contributed by atoms with Gasteiger partial charge in [0, 0.05) is 54.8 Å². The Balaban J connectivity index is 1.33. The minimum Gasteiger partial charge on any atom is -0.463 e. The van der Waals surface area contributed by atoms with Gasteiger partial charge in [-0.15, -0.1) is 0 Å². The number of carbonyl (C=O) groups is 1. The molecule has 0 bridgehead atoms. The van der Waals surface area contributed by atoms with E-state index in [9.17, 15) is 4.79 Å². The summed E-state index contributed by atoms with van der Waals surface area (Å²) in [6, 6.07) is 13.0. The molecule has 1 aromatic heterocycles. The number of ether oxygens (including phenoxy) is 1. The molecular formula is C34H40ClN7O2. The lowest BCUT2D eigenvalue weighted by molar-refractivity contribution is -0.128. The van der Waals surface area contributed by atoms with E-state index in [1.165, 1.54) is 6.42 Å². The quantitative estimate of drug-likeness (QED) is 0.259. The van der Waals surface area contributed by atoms with Gasteiger partial charge in [0.15, 0.2) is 0 Å². The molecule has 3 atom stereocenters. The molecule has 1 aliphatic carbocycles. The van der Waals surface area contributed by atoms with Crippen molar-refractivity contribution in [1.29, 1.82) is 0 Å². The highest BCUT2D eigenvalue weighted by atomic mass is 35.5. The summed E-state index contributed by atoms with van der Waals surface area (Å²) in [5.74, 6) is 1.27. The van der Waals surface area contributed by atoms with E-state index in [0.717, 1.165) is 57.9 Å². The Kier molecular flexibility index (Phi) is 8.92. The van der Waals surface area contributed by atoms with Crippen LogP contribution in [0.25, 0.3) is 15.6 Å². The highest BCUT2D eigenvalue weighted by Crippen LogP contribution is 2.38. The van der Waals surface area contributed by atoms with Crippen molar-refractivity contribution in [3.8, 4) is 6.01 Å². The number of hydrogen-bond donors (Lipinski definition) is 0. The van der Waals surface area contributed by atoms with E-state index < -0.39 is 0 Å². The SMILES string of the molecule is [C-]#[N+]C[C@H]1CN(c2nc(OC[C@H]3CC[C@@H]3N(C)C)nc3c2CCN(c2cccc4cccc(Cl)c24)C3)CCN1C(=O)/C=C/C. The maximum Gasteiger partial charge on any atom is 0.318 e. The number of fused-ring (bicyclic) bond motifs is 2. The first kappa shape index (κ1) is 30.2. The molecule has 230 valence electrons. The molecule has 3 heterocycles. The molecule has 3 aromatic rings. The summed E-state index contributed by atoms with van der Waals surface area (Å²) in [7, 11) is 4.25. The number of piperazine rings is 1. The van der Waals surface area contributed by atoms with Crippen molar-refractivity contribution in [1.82, 2.24) is 19.8 Å². The topological polar surface area (TPSA) is 69.4 Å². The van der Waals surface area contributed by atoms with Crippen molar-refractivity contribution in [3.05, 3.63) is 76.2 Å². The van der Waals surface area contributed by atoms with Crippen LogP contribution in [0.5, 0.6) is 6.01 Å². The Morgan fingerprint density at radius 3 is 2.68 bits per heavy atom. The average Bonchev–Trinajstić information content (AvgIpc) is 2.99. The Morgan fingerprint density at radius 1 is 1.14 bits per heavy atom. The molecule has 10 heteroatoms. The maximum absolute atomic E-state index is 12.8. The van der Waals surface area contributed by atoms with Gasteiger partial charge in [0.2, 0.25) is 12.5 Å². The lowest BCUT2D eigenvalue weighted by Crippen LogP contribution is -2.56. The Hall–Kier alpha value is -3.87. The number of amides is 1. The molecule has 0 radical (unpaired) electrons. The van der Waals surface area contributed by atoms with Crippen LogP contribution in [0.15, 0.2) is 48.6 Å². The molecule has 3 aliphatic rings. The minimum atomic E-state index is -0.214. The van der Waals surface area contributed by atoms with Crippen molar-refractivity contribution in [2.75, 3.05) is 63.2 Å². The van der Waals surface area contributed by atoms with Crippen molar-refractivity contribution in [3.63, 3.8) is 0 Å². The number of anilines is 2. The number of nitrogens with zero attached hydrogens (tertiary/aromatic N) is 7. The van der Waals surface area contributed by atoms with Crippen LogP contribution in [-0.2, 0) is 17.8 Å². The molecule has 0 N–H and O–H groups in total. The number of halogens is 1. The summed E-state index contributed by atoms with van der Waals surface area (Å²) in [5, 5.41) is 2.90. The molecule has 6 rings (SSSR count). The average molecular weight is 614 g/mol. The van der Waals surface area contributed by atoms with Crippen LogP contribution in [0, 0.1) is 12.5 Å². The van der Waals surface area contributed by atoms with Crippen molar-refractivity contribution in [2.45, 2.75) is 44.8 Å². The minimum absolute atomic E-state index is 0.0464. The lowest BCUT2D eigenvalue weighted by atomic mass is 9.79. The number of aromatic nitrogens is 2. The molecule has 1 amide bonds. The Labute approximate surface area is 264 Å². The predicted molar refractivity (Wildman–Crippen MR) is 175 cm³/mol. The van der Waals surface area contributed by atoms with Crippen LogP contribution in [0.3, 0.4) is 0 Å². The van der Waals surface area contributed by atoms with E-state index in [-0.39, 0.29) is 18.5 Å². The van der Waals surface area contributed by atoms with E-state index in [0.29, 0.717) is 50.8 Å². The van der Waals surface area contributed by atoms with Gasteiger partial charge in [0.05, 0.1) is 23.9 Å². The molecule has 0 spiro atoms. The van der Waals surface area contributed by atoms with Crippen LogP contribution >= 0.6 is 11.6 Å². The Bertz CT molecular complexity index is 1600. The maximum atomic E-state index is 12.8. The van der Waals surface area contributed by atoms with E-state index in [4.69, 9.17) is 32.9 Å². The van der Waals surface area contributed by atoms with Gasteiger partial charge in [-0.2, -0.15) is 9.97 Å². The second-order valence-corrected chi connectivity index (χ2v) is 12.6. The van der Waals surface area contributed by atoms with Gasteiger partial charge in [-0.25, -0.2) is 6.57 Å². The number of allylic oxidation sites excluding steroid dienone is 1. The van der Waals surface area contributed by atoms with Crippen LogP contribution in [0.2, 0.25) is 5.02 Å².